The van der Waals surface area contributed by atoms with E-state index in [0.29, 0.717) is 30.6 Å². The van der Waals surface area contributed by atoms with Crippen LogP contribution in [0, 0.1) is 5.92 Å². The Bertz CT molecular complexity index is 348. The van der Waals surface area contributed by atoms with Gasteiger partial charge < -0.3 is 21.1 Å². The van der Waals surface area contributed by atoms with Gasteiger partial charge in [-0.15, -0.1) is 0 Å². The van der Waals surface area contributed by atoms with E-state index in [-0.39, 0.29) is 6.09 Å². The second kappa shape index (κ2) is 6.97. The minimum Gasteiger partial charge on any atom is -0.444 e. The zero-order chi connectivity index (χ0) is 15.5. The predicted molar refractivity (Wildman–Crippen MR) is 84.1 cm³/mol. The van der Waals surface area contributed by atoms with Gasteiger partial charge in [0, 0.05) is 24.7 Å². The molecule has 0 aliphatic heterocycles. The smallest absolute Gasteiger partial charge is 0.407 e. The lowest BCUT2D eigenvalue weighted by Gasteiger charge is -2.40. The van der Waals surface area contributed by atoms with E-state index in [2.05, 4.69) is 10.6 Å². The molecule has 0 heterocycles. The van der Waals surface area contributed by atoms with Crippen molar-refractivity contribution in [2.45, 2.75) is 83.0 Å². The van der Waals surface area contributed by atoms with Crippen LogP contribution in [0.3, 0.4) is 0 Å². The van der Waals surface area contributed by atoms with Gasteiger partial charge in [-0.05, 0) is 52.4 Å². The molecule has 0 aromatic carbocycles. The number of rotatable bonds is 4. The first kappa shape index (κ1) is 16.6. The van der Waals surface area contributed by atoms with Gasteiger partial charge in [0.05, 0.1) is 0 Å². The van der Waals surface area contributed by atoms with Crippen LogP contribution in [0.15, 0.2) is 0 Å². The number of nitrogens with one attached hydrogen (secondary N) is 2. The van der Waals surface area contributed by atoms with Crippen molar-refractivity contribution >= 4 is 6.09 Å². The summed E-state index contributed by atoms with van der Waals surface area (Å²) in [4.78, 5) is 11.8. The standard InChI is InChI=1S/C16H31N3O2/c1-16(2,3)21-15(20)18-10-11-6-4-5-7-14(11)19-13-8-12(17)9-13/h11-14,19H,4-10,17H2,1-3H3,(H,18,20). The molecule has 0 aromatic rings. The molecule has 2 atom stereocenters. The molecule has 2 rings (SSSR count). The Labute approximate surface area is 128 Å². The number of hydrogen-bond acceptors (Lipinski definition) is 4. The molecule has 2 fully saturated rings. The number of alkyl carbamates (subject to hydrolysis) is 1. The lowest BCUT2D eigenvalue weighted by Crippen LogP contribution is -2.55. The average Bonchev–Trinajstić information content (AvgIpc) is 2.34. The molecule has 0 bridgehead atoms. The van der Waals surface area contributed by atoms with Gasteiger partial charge in [-0.1, -0.05) is 12.8 Å². The van der Waals surface area contributed by atoms with Crippen molar-refractivity contribution < 1.29 is 9.53 Å². The second-order valence-corrected chi connectivity index (χ2v) is 7.63. The van der Waals surface area contributed by atoms with Gasteiger partial charge in [-0.2, -0.15) is 0 Å². The first-order valence-corrected chi connectivity index (χ1v) is 8.32. The number of hydrogen-bond donors (Lipinski definition) is 3. The summed E-state index contributed by atoms with van der Waals surface area (Å²) in [6, 6.07) is 1.46. The van der Waals surface area contributed by atoms with Crippen LogP contribution in [-0.4, -0.2) is 36.4 Å². The van der Waals surface area contributed by atoms with Crippen LogP contribution in [0.1, 0.15) is 59.3 Å². The second-order valence-electron chi connectivity index (χ2n) is 7.63. The van der Waals surface area contributed by atoms with Gasteiger partial charge in [0.25, 0.3) is 0 Å². The van der Waals surface area contributed by atoms with Crippen molar-refractivity contribution in [1.82, 2.24) is 10.6 Å². The van der Waals surface area contributed by atoms with Gasteiger partial charge >= 0.3 is 6.09 Å². The van der Waals surface area contributed by atoms with Gasteiger partial charge in [-0.25, -0.2) is 4.79 Å². The highest BCUT2D eigenvalue weighted by Crippen LogP contribution is 2.27. The van der Waals surface area contributed by atoms with Crippen LogP contribution in [-0.2, 0) is 4.74 Å². The molecule has 1 amide bonds. The van der Waals surface area contributed by atoms with Crippen LogP contribution in [0.2, 0.25) is 0 Å². The third-order valence-corrected chi connectivity index (χ3v) is 4.44. The minimum absolute atomic E-state index is 0.308. The molecular formula is C16H31N3O2. The minimum atomic E-state index is -0.434. The van der Waals surface area contributed by atoms with Crippen LogP contribution in [0.5, 0.6) is 0 Å². The molecule has 5 nitrogen and oxygen atoms in total. The summed E-state index contributed by atoms with van der Waals surface area (Å²) in [5.74, 6) is 0.503. The summed E-state index contributed by atoms with van der Waals surface area (Å²) in [7, 11) is 0. The third kappa shape index (κ3) is 5.47. The quantitative estimate of drug-likeness (QED) is 0.743. The normalized spacial score (nSPS) is 33.1. The SMILES string of the molecule is CC(C)(C)OC(=O)NCC1CCCCC1NC1CC(N)C1. The maximum atomic E-state index is 11.8. The summed E-state index contributed by atoms with van der Waals surface area (Å²) < 4.78 is 5.30. The van der Waals surface area contributed by atoms with Gasteiger partial charge in [0.1, 0.15) is 5.60 Å². The zero-order valence-corrected chi connectivity index (χ0v) is 13.7. The number of ether oxygens (including phenoxy) is 1. The van der Waals surface area contributed by atoms with Crippen molar-refractivity contribution in [2.75, 3.05) is 6.54 Å². The molecule has 21 heavy (non-hydrogen) atoms. The van der Waals surface area contributed by atoms with E-state index < -0.39 is 5.60 Å². The molecule has 0 aromatic heterocycles. The Balaban J connectivity index is 1.75. The largest absolute Gasteiger partial charge is 0.444 e. The Hall–Kier alpha value is -0.810. The van der Waals surface area contributed by atoms with E-state index in [1.54, 1.807) is 0 Å². The van der Waals surface area contributed by atoms with Crippen LogP contribution >= 0.6 is 0 Å². The van der Waals surface area contributed by atoms with E-state index >= 15 is 0 Å². The molecule has 4 N–H and O–H groups in total. The Kier molecular flexibility index (Phi) is 5.49. The summed E-state index contributed by atoms with van der Waals surface area (Å²) in [6.45, 7) is 6.36. The Morgan fingerprint density at radius 1 is 1.24 bits per heavy atom. The average molecular weight is 297 g/mol. The van der Waals surface area contributed by atoms with E-state index in [4.69, 9.17) is 10.5 Å². The monoisotopic (exact) mass is 297 g/mol. The third-order valence-electron chi connectivity index (χ3n) is 4.44. The fraction of sp³-hybridized carbons (Fsp3) is 0.938. The van der Waals surface area contributed by atoms with E-state index in [1.807, 2.05) is 20.8 Å². The summed E-state index contributed by atoms with van der Waals surface area (Å²) in [5.41, 5.74) is 5.42. The zero-order valence-electron chi connectivity index (χ0n) is 13.7. The highest BCUT2D eigenvalue weighted by molar-refractivity contribution is 5.67. The first-order valence-electron chi connectivity index (χ1n) is 8.32. The van der Waals surface area contributed by atoms with Crippen LogP contribution < -0.4 is 16.4 Å². The lowest BCUT2D eigenvalue weighted by atomic mass is 9.81. The maximum Gasteiger partial charge on any atom is 0.407 e. The van der Waals surface area contributed by atoms with Gasteiger partial charge in [0.2, 0.25) is 0 Å². The van der Waals surface area contributed by atoms with Gasteiger partial charge in [-0.3, -0.25) is 0 Å². The number of amides is 1. The number of nitrogens with two attached hydrogens (primary N) is 1. The molecule has 2 unspecified atom stereocenters. The van der Waals surface area contributed by atoms with Crippen molar-refractivity contribution in [1.29, 1.82) is 0 Å². The van der Waals surface area contributed by atoms with Crippen molar-refractivity contribution in [3.8, 4) is 0 Å². The summed E-state index contributed by atoms with van der Waals surface area (Å²) in [5, 5.41) is 6.67. The molecule has 2 aliphatic rings. The van der Waals surface area contributed by atoms with Crippen LogP contribution in [0.4, 0.5) is 4.79 Å². The fourth-order valence-electron chi connectivity index (χ4n) is 3.30. The fourth-order valence-corrected chi connectivity index (χ4v) is 3.30. The molecule has 2 saturated carbocycles. The maximum absolute atomic E-state index is 11.8. The molecule has 5 heteroatoms. The summed E-state index contributed by atoms with van der Waals surface area (Å²) in [6.07, 6.45) is 6.77. The molecule has 2 aliphatic carbocycles. The lowest BCUT2D eigenvalue weighted by molar-refractivity contribution is 0.0508. The highest BCUT2D eigenvalue weighted by Gasteiger charge is 2.32. The topological polar surface area (TPSA) is 76.4 Å². The molecular weight excluding hydrogens is 266 g/mol. The Morgan fingerprint density at radius 3 is 2.52 bits per heavy atom. The van der Waals surface area contributed by atoms with Crippen molar-refractivity contribution in [3.05, 3.63) is 0 Å². The van der Waals surface area contributed by atoms with E-state index in [9.17, 15) is 4.79 Å². The van der Waals surface area contributed by atoms with Gasteiger partial charge in [0.15, 0.2) is 0 Å². The molecule has 0 saturated heterocycles. The molecule has 0 spiro atoms. The van der Waals surface area contributed by atoms with Crippen molar-refractivity contribution in [2.24, 2.45) is 11.7 Å². The van der Waals surface area contributed by atoms with E-state index in [0.717, 1.165) is 12.8 Å². The number of carbonyl (C=O) groups is 1. The first-order chi connectivity index (χ1) is 9.83. The number of carbonyl (C=O) groups excluding carboxylic acids is 1. The van der Waals surface area contributed by atoms with Crippen molar-refractivity contribution in [3.63, 3.8) is 0 Å². The van der Waals surface area contributed by atoms with E-state index in [1.165, 1.54) is 25.7 Å². The Morgan fingerprint density at radius 2 is 1.90 bits per heavy atom. The van der Waals surface area contributed by atoms with Crippen LogP contribution in [0.25, 0.3) is 0 Å². The molecule has 122 valence electrons. The summed E-state index contributed by atoms with van der Waals surface area (Å²) >= 11 is 0. The molecule has 0 radical (unpaired) electrons. The highest BCUT2D eigenvalue weighted by atomic mass is 16.6. The predicted octanol–water partition coefficient (Wildman–Crippen LogP) is 2.15.